The van der Waals surface area contributed by atoms with E-state index in [2.05, 4.69) is 23.8 Å². The summed E-state index contributed by atoms with van der Waals surface area (Å²) >= 11 is 0. The van der Waals surface area contributed by atoms with E-state index in [0.29, 0.717) is 25.0 Å². The Bertz CT molecular complexity index is 576. The smallest absolute Gasteiger partial charge is 0.213 e. The molecule has 2 aromatic rings. The highest BCUT2D eigenvalue weighted by Gasteiger charge is 2.05. The minimum absolute atomic E-state index is 0.659. The van der Waals surface area contributed by atoms with Crippen molar-refractivity contribution in [3.05, 3.63) is 36.4 Å². The van der Waals surface area contributed by atoms with Crippen LogP contribution >= 0.6 is 0 Å². The molecule has 26 heavy (non-hydrogen) atoms. The van der Waals surface area contributed by atoms with Gasteiger partial charge in [-0.25, -0.2) is 9.97 Å². The van der Waals surface area contributed by atoms with Gasteiger partial charge in [-0.2, -0.15) is 0 Å². The van der Waals surface area contributed by atoms with Crippen LogP contribution in [0.1, 0.15) is 65.2 Å². The second-order valence-electron chi connectivity index (χ2n) is 6.54. The van der Waals surface area contributed by atoms with Crippen molar-refractivity contribution in [2.45, 2.75) is 65.2 Å². The van der Waals surface area contributed by atoms with Crippen LogP contribution in [0.2, 0.25) is 0 Å². The molecular formula is C22H32N2O2. The predicted octanol–water partition coefficient (Wildman–Crippen LogP) is 6.06. The first-order valence-electron chi connectivity index (χ1n) is 10.0. The molecule has 0 amide bonds. The summed E-state index contributed by atoms with van der Waals surface area (Å²) in [7, 11) is 0. The normalized spacial score (nSPS) is 10.7. The highest BCUT2D eigenvalue weighted by Crippen LogP contribution is 2.20. The van der Waals surface area contributed by atoms with Crippen LogP contribution in [-0.2, 0) is 0 Å². The third-order valence-electron chi connectivity index (χ3n) is 4.21. The van der Waals surface area contributed by atoms with Gasteiger partial charge in [0.05, 0.1) is 24.6 Å². The third-order valence-corrected chi connectivity index (χ3v) is 4.21. The lowest BCUT2D eigenvalue weighted by molar-refractivity contribution is 0.293. The van der Waals surface area contributed by atoms with Gasteiger partial charge >= 0.3 is 0 Å². The van der Waals surface area contributed by atoms with Crippen molar-refractivity contribution < 1.29 is 9.47 Å². The Kier molecular flexibility index (Phi) is 9.55. The molecule has 0 N–H and O–H groups in total. The van der Waals surface area contributed by atoms with E-state index in [-0.39, 0.29) is 0 Å². The van der Waals surface area contributed by atoms with E-state index >= 15 is 0 Å². The largest absolute Gasteiger partial charge is 0.478 e. The van der Waals surface area contributed by atoms with E-state index in [1.807, 2.05) is 36.4 Å². The Hall–Kier alpha value is -2.10. The zero-order chi connectivity index (χ0) is 18.5. The van der Waals surface area contributed by atoms with E-state index in [1.165, 1.54) is 38.5 Å². The maximum Gasteiger partial charge on any atom is 0.213 e. The molecule has 0 aliphatic rings. The summed E-state index contributed by atoms with van der Waals surface area (Å²) in [6.07, 6.45) is 9.52. The number of nitrogens with zero attached hydrogens (tertiary/aromatic N) is 2. The maximum absolute atomic E-state index is 5.78. The monoisotopic (exact) mass is 356 g/mol. The molecule has 0 fully saturated rings. The summed E-state index contributed by atoms with van der Waals surface area (Å²) in [5.41, 5.74) is 1.62. The molecule has 0 saturated heterocycles. The van der Waals surface area contributed by atoms with Crippen molar-refractivity contribution in [2.75, 3.05) is 13.2 Å². The molecule has 4 nitrogen and oxygen atoms in total. The van der Waals surface area contributed by atoms with Crippen LogP contribution in [0.25, 0.3) is 11.4 Å². The number of hydrogen-bond acceptors (Lipinski definition) is 4. The number of rotatable bonds is 13. The van der Waals surface area contributed by atoms with Gasteiger partial charge in [-0.05, 0) is 25.0 Å². The molecule has 0 aliphatic carbocycles. The molecule has 0 bridgehead atoms. The Morgan fingerprint density at radius 1 is 0.615 bits per heavy atom. The van der Waals surface area contributed by atoms with E-state index in [9.17, 15) is 0 Å². The Balaban J connectivity index is 1.89. The van der Waals surface area contributed by atoms with E-state index in [1.54, 1.807) is 0 Å². The number of hydrogen-bond donors (Lipinski definition) is 0. The lowest BCUT2D eigenvalue weighted by Gasteiger charge is -2.08. The lowest BCUT2D eigenvalue weighted by atomic mass is 10.2. The fourth-order valence-corrected chi connectivity index (χ4v) is 2.69. The third kappa shape index (κ3) is 7.42. The Morgan fingerprint density at radius 3 is 1.50 bits per heavy atom. The van der Waals surface area contributed by atoms with Crippen LogP contribution in [0.4, 0.5) is 0 Å². The Labute approximate surface area is 158 Å². The molecule has 0 aliphatic heterocycles. The van der Waals surface area contributed by atoms with Crippen LogP contribution in [0.3, 0.4) is 0 Å². The summed E-state index contributed by atoms with van der Waals surface area (Å²) in [5.74, 6) is 1.32. The van der Waals surface area contributed by atoms with Gasteiger partial charge in [0.1, 0.15) is 0 Å². The molecule has 2 heterocycles. The molecule has 0 atom stereocenters. The SMILES string of the molecule is CCCCCCOc1cccc(-c2cccc(OCCCCCC)n2)n1. The fourth-order valence-electron chi connectivity index (χ4n) is 2.69. The first kappa shape index (κ1) is 20.2. The molecular weight excluding hydrogens is 324 g/mol. The predicted molar refractivity (Wildman–Crippen MR) is 107 cm³/mol. The molecule has 0 spiro atoms. The lowest BCUT2D eigenvalue weighted by Crippen LogP contribution is -2.01. The van der Waals surface area contributed by atoms with Crippen LogP contribution in [-0.4, -0.2) is 23.2 Å². The van der Waals surface area contributed by atoms with Crippen molar-refractivity contribution in [3.8, 4) is 23.1 Å². The molecule has 0 saturated carbocycles. The second-order valence-corrected chi connectivity index (χ2v) is 6.54. The van der Waals surface area contributed by atoms with Crippen molar-refractivity contribution in [3.63, 3.8) is 0 Å². The van der Waals surface area contributed by atoms with E-state index in [4.69, 9.17) is 9.47 Å². The van der Waals surface area contributed by atoms with Gasteiger partial charge in [-0.3, -0.25) is 0 Å². The summed E-state index contributed by atoms with van der Waals surface area (Å²) in [5, 5.41) is 0. The fraction of sp³-hybridized carbons (Fsp3) is 0.545. The summed E-state index contributed by atoms with van der Waals surface area (Å²) in [6.45, 7) is 5.85. The van der Waals surface area contributed by atoms with Gasteiger partial charge < -0.3 is 9.47 Å². The van der Waals surface area contributed by atoms with Crippen molar-refractivity contribution in [1.29, 1.82) is 0 Å². The summed E-state index contributed by atoms with van der Waals surface area (Å²) < 4.78 is 11.6. The minimum Gasteiger partial charge on any atom is -0.478 e. The van der Waals surface area contributed by atoms with Crippen molar-refractivity contribution in [2.24, 2.45) is 0 Å². The maximum atomic E-state index is 5.78. The standard InChI is InChI=1S/C22H32N2O2/c1-3-5-7-9-17-25-21-15-11-13-19(23-21)20-14-12-16-22(24-20)26-18-10-8-6-4-2/h11-16H,3-10,17-18H2,1-2H3. The number of ether oxygens (including phenoxy) is 2. The van der Waals surface area contributed by atoms with Gasteiger partial charge in [0, 0.05) is 12.1 Å². The van der Waals surface area contributed by atoms with Gasteiger partial charge in [-0.1, -0.05) is 64.5 Å². The minimum atomic E-state index is 0.659. The zero-order valence-corrected chi connectivity index (χ0v) is 16.2. The van der Waals surface area contributed by atoms with Crippen molar-refractivity contribution >= 4 is 0 Å². The van der Waals surface area contributed by atoms with Crippen molar-refractivity contribution in [1.82, 2.24) is 9.97 Å². The van der Waals surface area contributed by atoms with Gasteiger partial charge in [0.2, 0.25) is 11.8 Å². The number of aromatic nitrogens is 2. The van der Waals surface area contributed by atoms with Crippen LogP contribution in [0.5, 0.6) is 11.8 Å². The van der Waals surface area contributed by atoms with E-state index < -0.39 is 0 Å². The molecule has 0 aromatic carbocycles. The van der Waals surface area contributed by atoms with Gasteiger partial charge in [-0.15, -0.1) is 0 Å². The average Bonchev–Trinajstić information content (AvgIpc) is 2.68. The topological polar surface area (TPSA) is 44.2 Å². The van der Waals surface area contributed by atoms with Crippen LogP contribution in [0.15, 0.2) is 36.4 Å². The number of pyridine rings is 2. The zero-order valence-electron chi connectivity index (χ0n) is 16.2. The molecule has 4 heteroatoms. The second kappa shape index (κ2) is 12.3. The van der Waals surface area contributed by atoms with E-state index in [0.717, 1.165) is 24.2 Å². The first-order chi connectivity index (χ1) is 12.8. The van der Waals surface area contributed by atoms with Crippen LogP contribution in [0, 0.1) is 0 Å². The first-order valence-corrected chi connectivity index (χ1v) is 10.0. The average molecular weight is 357 g/mol. The van der Waals surface area contributed by atoms with Crippen LogP contribution < -0.4 is 9.47 Å². The van der Waals surface area contributed by atoms with Gasteiger partial charge in [0.15, 0.2) is 0 Å². The molecule has 0 radical (unpaired) electrons. The molecule has 0 unspecified atom stereocenters. The quantitative estimate of drug-likeness (QED) is 0.409. The summed E-state index contributed by atoms with van der Waals surface area (Å²) in [6, 6.07) is 11.6. The Morgan fingerprint density at radius 2 is 1.08 bits per heavy atom. The number of unbranched alkanes of at least 4 members (excludes halogenated alkanes) is 6. The highest BCUT2D eigenvalue weighted by molar-refractivity contribution is 5.55. The van der Waals surface area contributed by atoms with Gasteiger partial charge in [0.25, 0.3) is 0 Å². The highest BCUT2D eigenvalue weighted by atomic mass is 16.5. The summed E-state index contributed by atoms with van der Waals surface area (Å²) in [4.78, 5) is 9.16. The molecule has 2 aromatic heterocycles. The molecule has 2 rings (SSSR count). The molecule has 142 valence electrons.